The van der Waals surface area contributed by atoms with Crippen molar-refractivity contribution in [2.75, 3.05) is 65.8 Å². The van der Waals surface area contributed by atoms with Crippen molar-refractivity contribution in [3.05, 3.63) is 24.3 Å². The Hall–Kier alpha value is -3.49. The number of allylic oxidation sites excluding steroid dienone is 4. The first kappa shape index (κ1) is 86.5. The van der Waals surface area contributed by atoms with E-state index in [9.17, 15) is 24.0 Å². The van der Waals surface area contributed by atoms with Crippen LogP contribution in [0.25, 0.3) is 0 Å². The lowest BCUT2D eigenvalue weighted by atomic mass is 9.92. The Morgan fingerprint density at radius 3 is 1.10 bits per heavy atom. The molecule has 1 aliphatic rings. The number of hydrogen-bond donors (Lipinski definition) is 1. The molecule has 1 unspecified atom stereocenters. The van der Waals surface area contributed by atoms with Gasteiger partial charge in [-0.15, -0.1) is 0 Å². The fourth-order valence-corrected chi connectivity index (χ4v) is 11.7. The van der Waals surface area contributed by atoms with E-state index in [1.54, 1.807) is 0 Å². The summed E-state index contributed by atoms with van der Waals surface area (Å²) >= 11 is 0. The first-order valence-electron chi connectivity index (χ1n) is 38.9. The molecule has 0 spiro atoms. The van der Waals surface area contributed by atoms with Gasteiger partial charge < -0.3 is 43.4 Å². The highest BCUT2D eigenvalue weighted by molar-refractivity contribution is 5.71. The van der Waals surface area contributed by atoms with Crippen LogP contribution in [0.4, 0.5) is 4.79 Å². The fourth-order valence-electron chi connectivity index (χ4n) is 11.7. The van der Waals surface area contributed by atoms with Gasteiger partial charge in [0.2, 0.25) is 0 Å². The molecule has 1 rings (SSSR count). The van der Waals surface area contributed by atoms with Crippen LogP contribution in [0.5, 0.6) is 0 Å². The molecule has 0 aliphatic carbocycles. The zero-order valence-electron chi connectivity index (χ0n) is 60.4. The van der Waals surface area contributed by atoms with Gasteiger partial charge in [-0.3, -0.25) is 19.2 Å². The van der Waals surface area contributed by atoms with Gasteiger partial charge in [-0.25, -0.2) is 4.79 Å². The number of hydrogen-bond acceptors (Lipinski definition) is 13. The van der Waals surface area contributed by atoms with E-state index in [0.717, 1.165) is 161 Å². The Morgan fingerprint density at radius 1 is 0.380 bits per heavy atom. The van der Waals surface area contributed by atoms with E-state index in [1.807, 2.05) is 0 Å². The second-order valence-corrected chi connectivity index (χ2v) is 26.9. The van der Waals surface area contributed by atoms with Crippen molar-refractivity contribution in [1.29, 1.82) is 0 Å². The third-order valence-electron chi connectivity index (χ3n) is 17.9. The number of rotatable bonds is 69. The third kappa shape index (κ3) is 56.8. The zero-order chi connectivity index (χ0) is 66.7. The van der Waals surface area contributed by atoms with Crippen LogP contribution in [0.1, 0.15) is 362 Å². The van der Waals surface area contributed by atoms with E-state index in [4.69, 9.17) is 33.2 Å². The standard InChI is InChI=1S/C78H144N2O12/c1-6-11-16-21-25-27-29-31-33-35-37-39-41-43-48-55-72(81)88-67-78(68-89-73(82)56-49-44-42-40-38-36-34-32-30-28-26-22-17-12-7-2,69-90-74(83)58-57-71(54-47-20-15-10-5)92-77(85)79-61-64-80-62-50-51-63-80)70-91-75(84)59-60-76(86-65-52-45-23-18-13-8-3)87-66-53-46-24-19-14-9-4/h31-34,71,76H,6-30,35-70H2,1-5H3,(H,79,85)/b33-31-,34-32-. The Kier molecular flexibility index (Phi) is 62.2. The first-order valence-corrected chi connectivity index (χ1v) is 38.9. The molecule has 538 valence electrons. The maximum Gasteiger partial charge on any atom is 0.407 e. The molecular weight excluding hydrogens is 1160 g/mol. The van der Waals surface area contributed by atoms with Gasteiger partial charge in [-0.1, -0.05) is 245 Å². The average Bonchev–Trinajstić information content (AvgIpc) is 1.58. The lowest BCUT2D eigenvalue weighted by Gasteiger charge is -2.32. The monoisotopic (exact) mass is 1300 g/mol. The van der Waals surface area contributed by atoms with Crippen LogP contribution in [-0.4, -0.2) is 113 Å². The van der Waals surface area contributed by atoms with Gasteiger partial charge in [0.05, 0.1) is 6.42 Å². The molecule has 0 bridgehead atoms. The summed E-state index contributed by atoms with van der Waals surface area (Å²) in [5, 5.41) is 2.91. The van der Waals surface area contributed by atoms with E-state index < -0.39 is 47.8 Å². The van der Waals surface area contributed by atoms with E-state index in [-0.39, 0.29) is 58.5 Å². The summed E-state index contributed by atoms with van der Waals surface area (Å²) in [5.74, 6) is -1.90. The van der Waals surface area contributed by atoms with E-state index in [0.29, 0.717) is 45.4 Å². The van der Waals surface area contributed by atoms with Crippen LogP contribution in [0, 0.1) is 5.41 Å². The lowest BCUT2D eigenvalue weighted by molar-refractivity contribution is -0.173. The predicted molar refractivity (Wildman–Crippen MR) is 379 cm³/mol. The number of carbonyl (C=O) groups is 5. The maximum absolute atomic E-state index is 13.9. The molecule has 1 aliphatic heterocycles. The largest absolute Gasteiger partial charge is 0.465 e. The Morgan fingerprint density at radius 2 is 0.707 bits per heavy atom. The number of esters is 4. The molecule has 92 heavy (non-hydrogen) atoms. The molecule has 1 amide bonds. The van der Waals surface area contributed by atoms with E-state index in [1.165, 1.54) is 128 Å². The van der Waals surface area contributed by atoms with Crippen LogP contribution in [-0.2, 0) is 52.3 Å². The van der Waals surface area contributed by atoms with Gasteiger partial charge in [-0.05, 0) is 122 Å². The molecular formula is C78H144N2O12. The summed E-state index contributed by atoms with van der Waals surface area (Å²) in [7, 11) is 0. The first-order chi connectivity index (χ1) is 45.1. The Bertz CT molecular complexity index is 1680. The van der Waals surface area contributed by atoms with Crippen molar-refractivity contribution < 1.29 is 57.1 Å². The molecule has 0 radical (unpaired) electrons. The smallest absolute Gasteiger partial charge is 0.407 e. The minimum atomic E-state index is -1.41. The summed E-state index contributed by atoms with van der Waals surface area (Å²) in [4.78, 5) is 70.5. The average molecular weight is 1300 g/mol. The van der Waals surface area contributed by atoms with Crippen LogP contribution < -0.4 is 5.32 Å². The summed E-state index contributed by atoms with van der Waals surface area (Å²) in [6, 6.07) is 0. The van der Waals surface area contributed by atoms with Gasteiger partial charge in [0, 0.05) is 52.0 Å². The van der Waals surface area contributed by atoms with Crippen molar-refractivity contribution >= 4 is 30.0 Å². The van der Waals surface area contributed by atoms with Gasteiger partial charge in [0.1, 0.15) is 37.9 Å². The van der Waals surface area contributed by atoms with Crippen molar-refractivity contribution in [3.63, 3.8) is 0 Å². The summed E-state index contributed by atoms with van der Waals surface area (Å²) in [6.07, 6.45) is 58.9. The Balaban J connectivity index is 3.25. The second-order valence-electron chi connectivity index (χ2n) is 26.9. The SMILES string of the molecule is CCCCCCCC/C=C\CCCCCCCC(=O)OCC(COC(=O)CCCCCCC/C=C\CCCCCCCC)(COC(=O)CCC(CCCCCC)OC(=O)NCCN1CCCC1)COC(=O)CCC(OCCCCCCCC)OCCCCCCCC. The summed E-state index contributed by atoms with van der Waals surface area (Å²) in [6.45, 7) is 14.2. The molecule has 1 saturated heterocycles. The molecule has 14 nitrogen and oxygen atoms in total. The highest BCUT2D eigenvalue weighted by atomic mass is 16.7. The number of carbonyl (C=O) groups excluding carboxylic acids is 5. The predicted octanol–water partition coefficient (Wildman–Crippen LogP) is 21.0. The number of likely N-dealkylation sites (tertiary alicyclic amines) is 1. The van der Waals surface area contributed by atoms with Crippen LogP contribution in [0.15, 0.2) is 24.3 Å². The van der Waals surface area contributed by atoms with E-state index >= 15 is 0 Å². The van der Waals surface area contributed by atoms with Gasteiger partial charge in [0.15, 0.2) is 6.29 Å². The quantitative estimate of drug-likeness (QED) is 0.0201. The van der Waals surface area contributed by atoms with Gasteiger partial charge >= 0.3 is 30.0 Å². The molecule has 0 aromatic rings. The molecule has 1 N–H and O–H groups in total. The fraction of sp³-hybridized carbons (Fsp3) is 0.885. The second kappa shape index (κ2) is 66.1. The van der Waals surface area contributed by atoms with Crippen molar-refractivity contribution in [2.24, 2.45) is 5.41 Å². The maximum atomic E-state index is 13.9. The summed E-state index contributed by atoms with van der Waals surface area (Å²) < 4.78 is 42.6. The minimum absolute atomic E-state index is 0.00352. The number of alkyl carbamates (subject to hydrolysis) is 1. The number of amides is 1. The normalized spacial score (nSPS) is 13.2. The molecule has 14 heteroatoms. The van der Waals surface area contributed by atoms with Crippen molar-refractivity contribution in [2.45, 2.75) is 374 Å². The summed E-state index contributed by atoms with van der Waals surface area (Å²) in [5.41, 5.74) is -1.41. The van der Waals surface area contributed by atoms with Crippen LogP contribution in [0.3, 0.4) is 0 Å². The highest BCUT2D eigenvalue weighted by Gasteiger charge is 2.38. The highest BCUT2D eigenvalue weighted by Crippen LogP contribution is 2.25. The third-order valence-corrected chi connectivity index (χ3v) is 17.9. The molecule has 1 heterocycles. The Labute approximate surface area is 564 Å². The van der Waals surface area contributed by atoms with Crippen molar-refractivity contribution in [1.82, 2.24) is 10.2 Å². The topological polar surface area (TPSA) is 165 Å². The van der Waals surface area contributed by atoms with E-state index in [2.05, 4.69) is 69.1 Å². The number of unbranched alkanes of at least 4 members (excludes halogenated alkanes) is 35. The number of nitrogens with one attached hydrogen (secondary N) is 1. The van der Waals surface area contributed by atoms with Gasteiger partial charge in [-0.2, -0.15) is 0 Å². The molecule has 0 aromatic carbocycles. The van der Waals surface area contributed by atoms with Crippen LogP contribution >= 0.6 is 0 Å². The molecule has 0 aromatic heterocycles. The molecule has 1 atom stereocenters. The minimum Gasteiger partial charge on any atom is -0.465 e. The van der Waals surface area contributed by atoms with Crippen LogP contribution in [0.2, 0.25) is 0 Å². The molecule has 0 saturated carbocycles. The number of nitrogens with zero attached hydrogens (tertiary/aromatic N) is 1. The molecule has 1 fully saturated rings. The van der Waals surface area contributed by atoms with Gasteiger partial charge in [0.25, 0.3) is 0 Å². The number of ether oxygens (including phenoxy) is 7. The lowest BCUT2D eigenvalue weighted by Crippen LogP contribution is -2.44. The van der Waals surface area contributed by atoms with Crippen molar-refractivity contribution in [3.8, 4) is 0 Å². The zero-order valence-corrected chi connectivity index (χ0v) is 60.4.